The molecule has 0 rings (SSSR count). The fourth-order valence-corrected chi connectivity index (χ4v) is 9.99. The van der Waals surface area contributed by atoms with E-state index in [2.05, 4.69) is 31.3 Å². The topological polar surface area (TPSA) is 95.9 Å². The van der Waals surface area contributed by atoms with Crippen molar-refractivity contribution >= 4 is 11.9 Å². The Kier molecular flexibility index (Phi) is 58.0. The Balaban J connectivity index is 3.32. The third-order valence-corrected chi connectivity index (χ3v) is 14.8. The molecule has 0 aliphatic heterocycles. The molecule has 2 atom stereocenters. The molecule has 69 heavy (non-hydrogen) atoms. The fraction of sp³-hybridized carbons (Fsp3) is 0.937. The van der Waals surface area contributed by atoms with Crippen LogP contribution in [0.5, 0.6) is 0 Å². The zero-order valence-corrected chi connectivity index (χ0v) is 46.8. The molecule has 2 unspecified atom stereocenters. The van der Waals surface area contributed by atoms with Gasteiger partial charge in [-0.2, -0.15) is 0 Å². The zero-order chi connectivity index (χ0) is 50.0. The number of hydrogen-bond acceptors (Lipinski definition) is 5. The van der Waals surface area contributed by atoms with Crippen LogP contribution < -0.4 is 5.32 Å². The number of hydrogen-bond donors (Lipinski definition) is 3. The van der Waals surface area contributed by atoms with Crippen molar-refractivity contribution in [1.82, 2.24) is 5.32 Å². The maximum absolute atomic E-state index is 12.5. The Morgan fingerprint density at radius 1 is 0.391 bits per heavy atom. The lowest BCUT2D eigenvalue weighted by molar-refractivity contribution is -0.143. The van der Waals surface area contributed by atoms with Gasteiger partial charge in [-0.25, -0.2) is 0 Å². The van der Waals surface area contributed by atoms with Gasteiger partial charge in [0.15, 0.2) is 0 Å². The quantitative estimate of drug-likeness (QED) is 0.0321. The summed E-state index contributed by atoms with van der Waals surface area (Å²) in [6, 6.07) is -0.537. The van der Waals surface area contributed by atoms with Crippen LogP contribution in [-0.4, -0.2) is 47.4 Å². The van der Waals surface area contributed by atoms with Crippen molar-refractivity contribution in [3.05, 3.63) is 12.2 Å². The third kappa shape index (κ3) is 55.8. The molecular weight excluding hydrogens is 851 g/mol. The SMILES string of the molecule is CCCCC/C=C\CCCCCCCC(=O)OCCCCCCCCCCCCCCCCCCCCCCCCCCCCCCC(=O)NC(CO)C(O)CCCCCCCCCCCCCC. The van der Waals surface area contributed by atoms with Crippen molar-refractivity contribution in [3.8, 4) is 0 Å². The molecule has 1 amide bonds. The zero-order valence-electron chi connectivity index (χ0n) is 46.8. The highest BCUT2D eigenvalue weighted by atomic mass is 16.5. The summed E-state index contributed by atoms with van der Waals surface area (Å²) in [5.41, 5.74) is 0. The second-order valence-electron chi connectivity index (χ2n) is 21.7. The second-order valence-corrected chi connectivity index (χ2v) is 21.7. The van der Waals surface area contributed by atoms with Crippen LogP contribution in [0, 0.1) is 0 Å². The molecule has 410 valence electrons. The van der Waals surface area contributed by atoms with Gasteiger partial charge in [-0.15, -0.1) is 0 Å². The maximum Gasteiger partial charge on any atom is 0.305 e. The molecule has 0 spiro atoms. The predicted octanol–water partition coefficient (Wildman–Crippen LogP) is 19.6. The van der Waals surface area contributed by atoms with Crippen LogP contribution >= 0.6 is 0 Å². The van der Waals surface area contributed by atoms with Crippen molar-refractivity contribution in [2.24, 2.45) is 0 Å². The molecule has 3 N–H and O–H groups in total. The molecular formula is C63H123NO5. The van der Waals surface area contributed by atoms with Gasteiger partial charge in [0.1, 0.15) is 0 Å². The van der Waals surface area contributed by atoms with Gasteiger partial charge in [-0.3, -0.25) is 9.59 Å². The minimum Gasteiger partial charge on any atom is -0.466 e. The lowest BCUT2D eigenvalue weighted by Gasteiger charge is -2.22. The molecule has 0 bridgehead atoms. The number of amides is 1. The van der Waals surface area contributed by atoms with Crippen molar-refractivity contribution in [3.63, 3.8) is 0 Å². The van der Waals surface area contributed by atoms with E-state index < -0.39 is 12.1 Å². The van der Waals surface area contributed by atoms with Crippen molar-refractivity contribution < 1.29 is 24.5 Å². The highest BCUT2D eigenvalue weighted by Gasteiger charge is 2.20. The van der Waals surface area contributed by atoms with Gasteiger partial charge >= 0.3 is 5.97 Å². The third-order valence-electron chi connectivity index (χ3n) is 14.8. The number of rotatable bonds is 59. The first-order chi connectivity index (χ1) is 34.0. The Bertz CT molecular complexity index is 1030. The number of aliphatic hydroxyl groups excluding tert-OH is 2. The Morgan fingerprint density at radius 3 is 1.06 bits per heavy atom. The van der Waals surface area contributed by atoms with Crippen molar-refractivity contribution in [2.45, 2.75) is 366 Å². The molecule has 6 nitrogen and oxygen atoms in total. The lowest BCUT2D eigenvalue weighted by atomic mass is 10.0. The summed E-state index contributed by atoms with van der Waals surface area (Å²) >= 11 is 0. The van der Waals surface area contributed by atoms with E-state index in [9.17, 15) is 19.8 Å². The first-order valence-electron chi connectivity index (χ1n) is 31.4. The van der Waals surface area contributed by atoms with Crippen LogP contribution in [0.25, 0.3) is 0 Å². The molecule has 0 aromatic carbocycles. The molecule has 0 saturated heterocycles. The van der Waals surface area contributed by atoms with E-state index in [0.717, 1.165) is 44.9 Å². The Morgan fingerprint density at radius 2 is 0.681 bits per heavy atom. The highest BCUT2D eigenvalue weighted by Crippen LogP contribution is 2.18. The van der Waals surface area contributed by atoms with Crippen LogP contribution in [0.3, 0.4) is 0 Å². The largest absolute Gasteiger partial charge is 0.466 e. The molecule has 0 aliphatic carbocycles. The highest BCUT2D eigenvalue weighted by molar-refractivity contribution is 5.76. The summed E-state index contributed by atoms with van der Waals surface area (Å²) < 4.78 is 5.47. The molecule has 6 heteroatoms. The predicted molar refractivity (Wildman–Crippen MR) is 301 cm³/mol. The number of nitrogens with one attached hydrogen (secondary N) is 1. The maximum atomic E-state index is 12.5. The van der Waals surface area contributed by atoms with Gasteiger partial charge < -0.3 is 20.3 Å². The lowest BCUT2D eigenvalue weighted by Crippen LogP contribution is -2.45. The van der Waals surface area contributed by atoms with Gasteiger partial charge in [0.25, 0.3) is 0 Å². The van der Waals surface area contributed by atoms with Crippen molar-refractivity contribution in [1.29, 1.82) is 0 Å². The summed E-state index contributed by atoms with van der Waals surface area (Å²) in [6.45, 7) is 4.94. The van der Waals surface area contributed by atoms with Crippen LogP contribution in [0.4, 0.5) is 0 Å². The monoisotopic (exact) mass is 974 g/mol. The number of ether oxygens (including phenoxy) is 1. The molecule has 0 fully saturated rings. The average molecular weight is 975 g/mol. The summed E-state index contributed by atoms with van der Waals surface area (Å²) in [6.07, 6.45) is 70.9. The van der Waals surface area contributed by atoms with E-state index in [1.54, 1.807) is 0 Å². The molecule has 0 radical (unpaired) electrons. The van der Waals surface area contributed by atoms with Gasteiger partial charge in [-0.05, 0) is 51.4 Å². The number of aliphatic hydroxyl groups is 2. The number of carbonyl (C=O) groups is 2. The molecule has 0 saturated carbocycles. The van der Waals surface area contributed by atoms with Gasteiger partial charge in [0, 0.05) is 12.8 Å². The smallest absolute Gasteiger partial charge is 0.305 e. The first kappa shape index (κ1) is 67.6. The van der Waals surface area contributed by atoms with E-state index in [1.807, 2.05) is 0 Å². The van der Waals surface area contributed by atoms with Crippen LogP contribution in [0.1, 0.15) is 354 Å². The van der Waals surface area contributed by atoms with Gasteiger partial charge in [-0.1, -0.05) is 302 Å². The van der Waals surface area contributed by atoms with E-state index in [4.69, 9.17) is 4.74 Å². The van der Waals surface area contributed by atoms with E-state index in [0.29, 0.717) is 25.9 Å². The van der Waals surface area contributed by atoms with E-state index in [-0.39, 0.29) is 18.5 Å². The Labute approximate surface area is 431 Å². The van der Waals surface area contributed by atoms with Gasteiger partial charge in [0.05, 0.1) is 25.4 Å². The standard InChI is InChI=1S/C63H123NO5/c1-3-5-7-9-11-13-15-35-39-43-47-51-55-61(66)60(59-65)64-62(67)56-52-48-44-40-36-33-31-29-27-25-23-21-19-17-18-20-22-24-26-28-30-32-34-38-42-46-50-54-58-69-63(68)57-53-49-45-41-37-16-14-12-10-8-6-4-2/h12,14,60-61,65-66H,3-11,13,15-59H2,1-2H3,(H,64,67)/b14-12-. The normalized spacial score (nSPS) is 12.6. The minimum absolute atomic E-state index is 0.00910. The molecule has 0 aromatic heterocycles. The number of unbranched alkanes of at least 4 members (excludes halogenated alkanes) is 46. The van der Waals surface area contributed by atoms with Crippen LogP contribution in [0.15, 0.2) is 12.2 Å². The fourth-order valence-electron chi connectivity index (χ4n) is 9.99. The first-order valence-corrected chi connectivity index (χ1v) is 31.4. The number of esters is 1. The van der Waals surface area contributed by atoms with Crippen LogP contribution in [0.2, 0.25) is 0 Å². The second kappa shape index (κ2) is 59.2. The molecule has 0 aliphatic rings. The van der Waals surface area contributed by atoms with E-state index in [1.165, 1.54) is 276 Å². The summed E-state index contributed by atoms with van der Waals surface area (Å²) in [4.78, 5) is 24.5. The van der Waals surface area contributed by atoms with Crippen LogP contribution in [-0.2, 0) is 14.3 Å². The molecule has 0 heterocycles. The Hall–Kier alpha value is -1.40. The minimum atomic E-state index is -0.660. The van der Waals surface area contributed by atoms with Crippen molar-refractivity contribution in [2.75, 3.05) is 13.2 Å². The van der Waals surface area contributed by atoms with Gasteiger partial charge in [0.2, 0.25) is 5.91 Å². The number of allylic oxidation sites excluding steroid dienone is 2. The summed E-state index contributed by atoms with van der Waals surface area (Å²) in [5, 5.41) is 23.2. The summed E-state index contributed by atoms with van der Waals surface area (Å²) in [5.74, 6) is -0.0215. The average Bonchev–Trinajstić information content (AvgIpc) is 3.35. The number of carbonyl (C=O) groups excluding carboxylic acids is 2. The van der Waals surface area contributed by atoms with E-state index >= 15 is 0 Å². The summed E-state index contributed by atoms with van der Waals surface area (Å²) in [7, 11) is 0. The molecule has 0 aromatic rings.